The van der Waals surface area contributed by atoms with E-state index in [-0.39, 0.29) is 16.9 Å². The summed E-state index contributed by atoms with van der Waals surface area (Å²) >= 11 is 0. The van der Waals surface area contributed by atoms with Gasteiger partial charge in [-0.05, 0) is 43.0 Å². The Morgan fingerprint density at radius 3 is 2.79 bits per heavy atom. The zero-order valence-corrected chi connectivity index (χ0v) is 13.3. The van der Waals surface area contributed by atoms with Gasteiger partial charge in [0.15, 0.2) is 18.1 Å². The first-order valence-electron chi connectivity index (χ1n) is 7.86. The number of hydrogen-bond acceptors (Lipinski definition) is 4. The van der Waals surface area contributed by atoms with Gasteiger partial charge in [0.05, 0.1) is 6.10 Å². The highest BCUT2D eigenvalue weighted by Gasteiger charge is 2.45. The second kappa shape index (κ2) is 5.88. The molecule has 2 atom stereocenters. The second-order valence-corrected chi connectivity index (χ2v) is 6.50. The standard InChI is InChI=1S/C17H20F3NO3/c1-21-7-6-16(5-4-12(22)9-15(16)21)11-2-3-13(23)14(8-11)24-10-17(18,19)20/h2-3,8-9,12,22-23H,4-7,10H2,1H3/t12-,16+/m1/s1. The van der Waals surface area contributed by atoms with Crippen LogP contribution in [0.2, 0.25) is 0 Å². The number of likely N-dealkylation sites (tertiary alicyclic amines) is 1. The van der Waals surface area contributed by atoms with Gasteiger partial charge in [0.1, 0.15) is 0 Å². The first kappa shape index (κ1) is 17.0. The third-order valence-corrected chi connectivity index (χ3v) is 4.90. The molecule has 7 heteroatoms. The van der Waals surface area contributed by atoms with Crippen molar-refractivity contribution in [1.29, 1.82) is 0 Å². The molecule has 1 aromatic carbocycles. The van der Waals surface area contributed by atoms with E-state index < -0.39 is 18.9 Å². The van der Waals surface area contributed by atoms with Gasteiger partial charge in [-0.25, -0.2) is 0 Å². The molecule has 1 fully saturated rings. The average molecular weight is 343 g/mol. The molecule has 0 amide bonds. The number of aliphatic hydroxyl groups excluding tert-OH is 1. The number of allylic oxidation sites excluding steroid dienone is 1. The van der Waals surface area contributed by atoms with Crippen molar-refractivity contribution in [2.24, 2.45) is 0 Å². The molecule has 0 spiro atoms. The molecule has 132 valence electrons. The number of phenols is 1. The van der Waals surface area contributed by atoms with Crippen LogP contribution in [0.1, 0.15) is 24.8 Å². The Hall–Kier alpha value is -1.89. The Labute approximate surface area is 138 Å². The van der Waals surface area contributed by atoms with Crippen LogP contribution in [0.3, 0.4) is 0 Å². The molecule has 0 bridgehead atoms. The van der Waals surface area contributed by atoms with E-state index in [1.54, 1.807) is 6.07 Å². The number of benzene rings is 1. The molecule has 1 heterocycles. The summed E-state index contributed by atoms with van der Waals surface area (Å²) in [4.78, 5) is 2.06. The number of likely N-dealkylation sites (N-methyl/N-ethyl adjacent to an activating group) is 1. The summed E-state index contributed by atoms with van der Waals surface area (Å²) in [5, 5.41) is 19.7. The Kier molecular flexibility index (Phi) is 4.15. The molecular weight excluding hydrogens is 323 g/mol. The number of phenolic OH excluding ortho intramolecular Hbond substituents is 1. The lowest BCUT2D eigenvalue weighted by molar-refractivity contribution is -0.153. The molecule has 24 heavy (non-hydrogen) atoms. The number of aliphatic hydroxyl groups is 1. The van der Waals surface area contributed by atoms with Crippen molar-refractivity contribution in [2.75, 3.05) is 20.2 Å². The highest BCUT2D eigenvalue weighted by molar-refractivity contribution is 5.49. The average Bonchev–Trinajstić information content (AvgIpc) is 2.84. The zero-order chi connectivity index (χ0) is 17.5. The Morgan fingerprint density at radius 1 is 1.33 bits per heavy atom. The van der Waals surface area contributed by atoms with Crippen LogP contribution in [0.15, 0.2) is 30.0 Å². The van der Waals surface area contributed by atoms with Crippen LogP contribution in [-0.4, -0.2) is 47.6 Å². The molecule has 1 saturated heterocycles. The van der Waals surface area contributed by atoms with Crippen LogP contribution in [-0.2, 0) is 5.41 Å². The van der Waals surface area contributed by atoms with Gasteiger partial charge in [0.25, 0.3) is 0 Å². The number of ether oxygens (including phenoxy) is 1. The fourth-order valence-corrected chi connectivity index (χ4v) is 3.70. The molecule has 1 aromatic rings. The summed E-state index contributed by atoms with van der Waals surface area (Å²) in [6, 6.07) is 4.59. The van der Waals surface area contributed by atoms with E-state index in [0.29, 0.717) is 12.8 Å². The van der Waals surface area contributed by atoms with E-state index in [2.05, 4.69) is 4.90 Å². The SMILES string of the molecule is CN1CC[C@]2(c3ccc(O)c(OCC(F)(F)F)c3)CC[C@@H](O)C=C12. The molecule has 0 unspecified atom stereocenters. The maximum absolute atomic E-state index is 12.4. The summed E-state index contributed by atoms with van der Waals surface area (Å²) in [6.07, 6.45) is -1.05. The van der Waals surface area contributed by atoms with Gasteiger partial charge in [-0.3, -0.25) is 0 Å². The number of halogens is 3. The number of rotatable bonds is 3. The molecule has 2 aliphatic rings. The highest BCUT2D eigenvalue weighted by atomic mass is 19.4. The van der Waals surface area contributed by atoms with E-state index in [0.717, 1.165) is 24.2 Å². The second-order valence-electron chi connectivity index (χ2n) is 6.50. The molecule has 0 aromatic heterocycles. The number of fused-ring (bicyclic) bond motifs is 1. The van der Waals surface area contributed by atoms with Crippen LogP contribution < -0.4 is 4.74 Å². The number of aromatic hydroxyl groups is 1. The normalized spacial score (nSPS) is 27.0. The van der Waals surface area contributed by atoms with Crippen LogP contribution in [0.25, 0.3) is 0 Å². The van der Waals surface area contributed by atoms with Gasteiger partial charge >= 0.3 is 6.18 Å². The summed E-state index contributed by atoms with van der Waals surface area (Å²) in [5.74, 6) is -0.480. The maximum atomic E-state index is 12.4. The molecular formula is C17H20F3NO3. The molecule has 4 nitrogen and oxygen atoms in total. The van der Waals surface area contributed by atoms with E-state index in [9.17, 15) is 23.4 Å². The van der Waals surface area contributed by atoms with E-state index in [1.165, 1.54) is 12.1 Å². The van der Waals surface area contributed by atoms with Crippen LogP contribution in [0.5, 0.6) is 11.5 Å². The third-order valence-electron chi connectivity index (χ3n) is 4.90. The smallest absolute Gasteiger partial charge is 0.422 e. The topological polar surface area (TPSA) is 52.9 Å². The van der Waals surface area contributed by atoms with Crippen LogP contribution >= 0.6 is 0 Å². The highest BCUT2D eigenvalue weighted by Crippen LogP contribution is 2.50. The van der Waals surface area contributed by atoms with Crippen LogP contribution in [0, 0.1) is 0 Å². The number of nitrogens with zero attached hydrogens (tertiary/aromatic N) is 1. The molecule has 3 rings (SSSR count). The van der Waals surface area contributed by atoms with Crippen molar-refractivity contribution in [1.82, 2.24) is 4.90 Å². The van der Waals surface area contributed by atoms with Crippen molar-refractivity contribution < 1.29 is 28.1 Å². The predicted molar refractivity (Wildman–Crippen MR) is 81.9 cm³/mol. The molecule has 0 saturated carbocycles. The lowest BCUT2D eigenvalue weighted by atomic mass is 9.70. The Bertz CT molecular complexity index is 659. The Morgan fingerprint density at radius 2 is 2.08 bits per heavy atom. The lowest BCUT2D eigenvalue weighted by Crippen LogP contribution is -2.33. The lowest BCUT2D eigenvalue weighted by Gasteiger charge is -2.37. The van der Waals surface area contributed by atoms with E-state index in [1.807, 2.05) is 13.1 Å². The largest absolute Gasteiger partial charge is 0.504 e. The monoisotopic (exact) mass is 343 g/mol. The maximum Gasteiger partial charge on any atom is 0.422 e. The zero-order valence-electron chi connectivity index (χ0n) is 13.3. The minimum Gasteiger partial charge on any atom is -0.504 e. The summed E-state index contributed by atoms with van der Waals surface area (Å²) in [7, 11) is 1.94. The minimum atomic E-state index is -4.46. The first-order valence-corrected chi connectivity index (χ1v) is 7.86. The Balaban J connectivity index is 1.96. The number of hydrogen-bond donors (Lipinski definition) is 2. The van der Waals surface area contributed by atoms with Gasteiger partial charge in [-0.15, -0.1) is 0 Å². The van der Waals surface area contributed by atoms with Crippen molar-refractivity contribution in [3.05, 3.63) is 35.5 Å². The summed E-state index contributed by atoms with van der Waals surface area (Å²) in [5.41, 5.74) is 1.44. The molecule has 1 aliphatic heterocycles. The predicted octanol–water partition coefficient (Wildman–Crippen LogP) is 2.95. The third kappa shape index (κ3) is 3.05. The van der Waals surface area contributed by atoms with Gasteiger partial charge in [-0.2, -0.15) is 13.2 Å². The molecule has 0 radical (unpaired) electrons. The van der Waals surface area contributed by atoms with Gasteiger partial charge in [0.2, 0.25) is 0 Å². The van der Waals surface area contributed by atoms with Gasteiger partial charge in [-0.1, -0.05) is 6.07 Å². The summed E-state index contributed by atoms with van der Waals surface area (Å²) in [6.45, 7) is -0.642. The minimum absolute atomic E-state index is 0.167. The van der Waals surface area contributed by atoms with Crippen molar-refractivity contribution in [2.45, 2.75) is 37.0 Å². The first-order chi connectivity index (χ1) is 11.2. The summed E-state index contributed by atoms with van der Waals surface area (Å²) < 4.78 is 41.9. The van der Waals surface area contributed by atoms with Crippen LogP contribution in [0.4, 0.5) is 13.2 Å². The molecule has 2 N–H and O–H groups in total. The van der Waals surface area contributed by atoms with Crippen molar-refractivity contribution in [3.63, 3.8) is 0 Å². The van der Waals surface area contributed by atoms with Crippen molar-refractivity contribution >= 4 is 0 Å². The van der Waals surface area contributed by atoms with Gasteiger partial charge in [0, 0.05) is 24.7 Å². The fourth-order valence-electron chi connectivity index (χ4n) is 3.70. The fraction of sp³-hybridized carbons (Fsp3) is 0.529. The molecule has 1 aliphatic carbocycles. The van der Waals surface area contributed by atoms with E-state index in [4.69, 9.17) is 4.74 Å². The number of alkyl halides is 3. The van der Waals surface area contributed by atoms with E-state index >= 15 is 0 Å². The van der Waals surface area contributed by atoms with Gasteiger partial charge < -0.3 is 19.8 Å². The quantitative estimate of drug-likeness (QED) is 0.886. The van der Waals surface area contributed by atoms with Crippen molar-refractivity contribution in [3.8, 4) is 11.5 Å².